The molecule has 3 aromatic rings. The van der Waals surface area contributed by atoms with Crippen LogP contribution >= 0.6 is 11.6 Å². The zero-order valence-corrected chi connectivity index (χ0v) is 19.8. The first-order valence-electron chi connectivity index (χ1n) is 10.8. The summed E-state index contributed by atoms with van der Waals surface area (Å²) in [7, 11) is 0. The van der Waals surface area contributed by atoms with E-state index in [2.05, 4.69) is 10.3 Å². The molecular formula is C24H28ClF2N3O4. The number of hydrogen-bond acceptors (Lipinski definition) is 6. The molecule has 0 spiro atoms. The number of aliphatic hydroxyl groups excluding tert-OH is 2. The maximum atomic E-state index is 14.6. The van der Waals surface area contributed by atoms with Gasteiger partial charge in [-0.15, -0.1) is 16.7 Å². The molecule has 0 saturated heterocycles. The van der Waals surface area contributed by atoms with Crippen molar-refractivity contribution in [3.8, 4) is 11.5 Å². The zero-order chi connectivity index (χ0) is 24.7. The Kier molecular flexibility index (Phi) is 8.82. The molecule has 0 unspecified atom stereocenters. The van der Waals surface area contributed by atoms with Gasteiger partial charge in [0.1, 0.15) is 43.5 Å². The third-order valence-corrected chi connectivity index (χ3v) is 5.76. The van der Waals surface area contributed by atoms with Gasteiger partial charge in [0.2, 0.25) is 0 Å². The van der Waals surface area contributed by atoms with E-state index in [1.807, 2.05) is 26.0 Å². The largest absolute Gasteiger partial charge is 0.491 e. The van der Waals surface area contributed by atoms with Gasteiger partial charge in [0, 0.05) is 5.41 Å². The number of hydrogen-bond donors (Lipinski definition) is 2. The highest BCUT2D eigenvalue weighted by atomic mass is 35.5. The molecule has 2 aromatic carbocycles. The summed E-state index contributed by atoms with van der Waals surface area (Å²) in [5.41, 5.74) is 1.39. The number of aromatic nitrogens is 3. The minimum Gasteiger partial charge on any atom is -0.491 e. The quantitative estimate of drug-likeness (QED) is 0.373. The molecule has 0 amide bonds. The number of halogens is 3. The second kappa shape index (κ2) is 11.6. The van der Waals surface area contributed by atoms with Crippen LogP contribution in [-0.2, 0) is 18.6 Å². The van der Waals surface area contributed by atoms with Crippen molar-refractivity contribution >= 4 is 11.6 Å². The van der Waals surface area contributed by atoms with Gasteiger partial charge in [-0.05, 0) is 35.4 Å². The van der Waals surface area contributed by atoms with Crippen LogP contribution in [0.4, 0.5) is 8.78 Å². The number of benzene rings is 2. The lowest BCUT2D eigenvalue weighted by Gasteiger charge is -2.27. The number of rotatable bonds is 12. The van der Waals surface area contributed by atoms with Crippen LogP contribution in [-0.4, -0.2) is 56.5 Å². The molecule has 1 aromatic heterocycles. The molecule has 2 atom stereocenters. The van der Waals surface area contributed by atoms with Crippen LogP contribution < -0.4 is 9.47 Å². The second-order valence-electron chi connectivity index (χ2n) is 8.44. The smallest absolute Gasteiger partial charge is 0.165 e. The maximum Gasteiger partial charge on any atom is 0.165 e. The Morgan fingerprint density at radius 2 is 1.71 bits per heavy atom. The molecule has 0 aliphatic heterocycles. The van der Waals surface area contributed by atoms with Crippen LogP contribution in [0.5, 0.6) is 11.5 Å². The van der Waals surface area contributed by atoms with Crippen LogP contribution in [0.2, 0.25) is 0 Å². The highest BCUT2D eigenvalue weighted by Crippen LogP contribution is 2.34. The van der Waals surface area contributed by atoms with Crippen molar-refractivity contribution in [2.24, 2.45) is 0 Å². The minimum absolute atomic E-state index is 0.00846. The predicted octanol–water partition coefficient (Wildman–Crippen LogP) is 3.63. The number of alkyl halides is 2. The standard InChI is InChI=1S/C24H28ClF2N3O4/c1-24(2,17-5-8-23(22(27)9-17)34-14-19(31)10-25)16-3-6-21(7-4-16)33-15-20(32)13-30-12-18(11-26)28-29-30/h3-9,12,19-20,31-32H,10-11,13-15H2,1-2H3/t19-,20-/m0/s1. The van der Waals surface area contributed by atoms with Gasteiger partial charge >= 0.3 is 0 Å². The average molecular weight is 496 g/mol. The summed E-state index contributed by atoms with van der Waals surface area (Å²) in [5, 5.41) is 27.0. The van der Waals surface area contributed by atoms with Crippen LogP contribution in [0.25, 0.3) is 0 Å². The molecule has 0 radical (unpaired) electrons. The van der Waals surface area contributed by atoms with Gasteiger partial charge in [-0.3, -0.25) is 0 Å². The van der Waals surface area contributed by atoms with Crippen molar-refractivity contribution in [2.45, 2.75) is 44.7 Å². The second-order valence-corrected chi connectivity index (χ2v) is 8.75. The normalized spacial score (nSPS) is 13.5. The van der Waals surface area contributed by atoms with Crippen molar-refractivity contribution in [1.29, 1.82) is 0 Å². The molecule has 0 saturated carbocycles. The summed E-state index contributed by atoms with van der Waals surface area (Å²) in [6.45, 7) is 3.31. The van der Waals surface area contributed by atoms with Crippen LogP contribution in [0.3, 0.4) is 0 Å². The van der Waals surface area contributed by atoms with E-state index >= 15 is 0 Å². The summed E-state index contributed by atoms with van der Waals surface area (Å²) in [5.74, 6) is 0.105. The first-order chi connectivity index (χ1) is 16.2. The molecule has 0 bridgehead atoms. The first-order valence-corrected chi connectivity index (χ1v) is 11.3. The molecule has 3 rings (SSSR count). The van der Waals surface area contributed by atoms with Gasteiger partial charge in [-0.25, -0.2) is 13.5 Å². The van der Waals surface area contributed by atoms with Crippen molar-refractivity contribution in [2.75, 3.05) is 19.1 Å². The fourth-order valence-electron chi connectivity index (χ4n) is 3.32. The summed E-state index contributed by atoms with van der Waals surface area (Å²) in [6.07, 6.45) is -0.277. The van der Waals surface area contributed by atoms with E-state index in [9.17, 15) is 19.0 Å². The fraction of sp³-hybridized carbons (Fsp3) is 0.417. The monoisotopic (exact) mass is 495 g/mol. The Labute approximate surface area is 201 Å². The molecule has 184 valence electrons. The van der Waals surface area contributed by atoms with Crippen molar-refractivity contribution < 1.29 is 28.5 Å². The Bertz CT molecular complexity index is 1060. The van der Waals surface area contributed by atoms with Gasteiger partial charge in [0.05, 0.1) is 18.6 Å². The van der Waals surface area contributed by atoms with Gasteiger partial charge in [-0.1, -0.05) is 37.3 Å². The molecule has 34 heavy (non-hydrogen) atoms. The molecule has 0 aliphatic rings. The minimum atomic E-state index is -0.865. The van der Waals surface area contributed by atoms with E-state index in [4.69, 9.17) is 21.1 Å². The highest BCUT2D eigenvalue weighted by molar-refractivity contribution is 6.18. The molecular weight excluding hydrogens is 468 g/mol. The lowest BCUT2D eigenvalue weighted by atomic mass is 9.78. The third-order valence-electron chi connectivity index (χ3n) is 5.40. The Hall–Kier alpha value is -2.75. The maximum absolute atomic E-state index is 14.6. The molecule has 7 nitrogen and oxygen atoms in total. The van der Waals surface area contributed by atoms with Crippen molar-refractivity contribution in [1.82, 2.24) is 15.0 Å². The Morgan fingerprint density at radius 1 is 1.03 bits per heavy atom. The van der Waals surface area contributed by atoms with Gasteiger partial charge in [0.25, 0.3) is 0 Å². The van der Waals surface area contributed by atoms with E-state index in [1.54, 1.807) is 18.2 Å². The summed E-state index contributed by atoms with van der Waals surface area (Å²) >= 11 is 5.53. The van der Waals surface area contributed by atoms with Gasteiger partial charge in [-0.2, -0.15) is 0 Å². The van der Waals surface area contributed by atoms with Gasteiger partial charge < -0.3 is 19.7 Å². The summed E-state index contributed by atoms with van der Waals surface area (Å²) < 4.78 is 39.4. The Balaban J connectivity index is 1.59. The topological polar surface area (TPSA) is 89.6 Å². The fourth-order valence-corrected chi connectivity index (χ4v) is 3.41. The summed E-state index contributed by atoms with van der Waals surface area (Å²) in [4.78, 5) is 0. The molecule has 2 N–H and O–H groups in total. The van der Waals surface area contributed by atoms with E-state index in [-0.39, 0.29) is 37.1 Å². The lowest BCUT2D eigenvalue weighted by Crippen LogP contribution is -2.24. The zero-order valence-electron chi connectivity index (χ0n) is 19.0. The summed E-state index contributed by atoms with van der Waals surface area (Å²) in [6, 6.07) is 12.1. The molecule has 0 fully saturated rings. The average Bonchev–Trinajstić information content (AvgIpc) is 3.29. The molecule has 1 heterocycles. The number of ether oxygens (including phenoxy) is 2. The lowest BCUT2D eigenvalue weighted by molar-refractivity contribution is 0.0888. The van der Waals surface area contributed by atoms with Crippen LogP contribution in [0, 0.1) is 5.82 Å². The van der Waals surface area contributed by atoms with E-state index in [1.165, 1.54) is 23.0 Å². The number of aliphatic hydroxyl groups is 2. The van der Waals surface area contributed by atoms with E-state index in [0.29, 0.717) is 5.75 Å². The number of nitrogens with zero attached hydrogens (tertiary/aromatic N) is 3. The van der Waals surface area contributed by atoms with Crippen molar-refractivity contribution in [3.05, 3.63) is 71.3 Å². The predicted molar refractivity (Wildman–Crippen MR) is 124 cm³/mol. The molecule has 10 heteroatoms. The Morgan fingerprint density at radius 3 is 2.32 bits per heavy atom. The van der Waals surface area contributed by atoms with E-state index in [0.717, 1.165) is 11.1 Å². The van der Waals surface area contributed by atoms with Crippen LogP contribution in [0.1, 0.15) is 30.7 Å². The van der Waals surface area contributed by atoms with Crippen molar-refractivity contribution in [3.63, 3.8) is 0 Å². The first kappa shape index (κ1) is 25.9. The third kappa shape index (κ3) is 6.65. The molecule has 0 aliphatic carbocycles. The highest BCUT2D eigenvalue weighted by Gasteiger charge is 2.25. The SMILES string of the molecule is CC(C)(c1ccc(OC[C@@H](O)Cn2cc(CF)nn2)cc1)c1ccc(OC[C@@H](O)CCl)c(F)c1. The van der Waals surface area contributed by atoms with Crippen LogP contribution in [0.15, 0.2) is 48.7 Å². The van der Waals surface area contributed by atoms with Gasteiger partial charge in [0.15, 0.2) is 11.6 Å². The van der Waals surface area contributed by atoms with E-state index < -0.39 is 30.1 Å².